The van der Waals surface area contributed by atoms with Crippen LogP contribution in [0.3, 0.4) is 0 Å². The molecule has 4 nitrogen and oxygen atoms in total. The molecular weight excluding hydrogens is 721 g/mol. The van der Waals surface area contributed by atoms with E-state index in [0.29, 0.717) is 0 Å². The lowest BCUT2D eigenvalue weighted by Crippen LogP contribution is -1.94. The molecule has 0 aliphatic heterocycles. The van der Waals surface area contributed by atoms with Gasteiger partial charge in [-0.15, -0.1) is 22.7 Å². The van der Waals surface area contributed by atoms with Crippen LogP contribution in [0.5, 0.6) is 0 Å². The van der Waals surface area contributed by atoms with E-state index in [-0.39, 0.29) is 0 Å². The number of rotatable bonds is 6. The Labute approximate surface area is 331 Å². The summed E-state index contributed by atoms with van der Waals surface area (Å²) in [5.41, 5.74) is 10.6. The zero-order valence-corrected chi connectivity index (χ0v) is 31.6. The summed E-state index contributed by atoms with van der Waals surface area (Å²) in [7, 11) is 0. The van der Waals surface area contributed by atoms with E-state index >= 15 is 0 Å². The van der Waals surface area contributed by atoms with Gasteiger partial charge in [-0.05, 0) is 52.6 Å². The standard InChI is InChI=1S/C50H30N4S2/c1-3-14-31(15-4-1)47-51-45(43-39-24-7-9-26-41(39)55-49(43)53-47)37-22-12-20-35(29-37)33-18-11-19-34(28-33)36-21-13-23-38(30-36)46-44-40-25-8-10-27-42(40)56-50(44)54-48(52-46)32-16-5-2-6-17-32/h1-30H. The maximum absolute atomic E-state index is 5.25. The van der Waals surface area contributed by atoms with Crippen LogP contribution in [0, 0.1) is 0 Å². The zero-order chi connectivity index (χ0) is 37.0. The minimum Gasteiger partial charge on any atom is -0.227 e. The number of fused-ring (bicyclic) bond motifs is 6. The molecule has 262 valence electrons. The molecule has 0 amide bonds. The summed E-state index contributed by atoms with van der Waals surface area (Å²) < 4.78 is 2.42. The van der Waals surface area contributed by atoms with Crippen LogP contribution >= 0.6 is 22.7 Å². The van der Waals surface area contributed by atoms with E-state index in [1.807, 2.05) is 36.4 Å². The van der Waals surface area contributed by atoms with Gasteiger partial charge in [-0.25, -0.2) is 19.9 Å². The highest BCUT2D eigenvalue weighted by Gasteiger charge is 2.19. The van der Waals surface area contributed by atoms with Gasteiger partial charge in [0.25, 0.3) is 0 Å². The third-order valence-corrected chi connectivity index (χ3v) is 12.5. The summed E-state index contributed by atoms with van der Waals surface area (Å²) in [5.74, 6) is 1.47. The first-order chi connectivity index (χ1) is 27.7. The highest BCUT2D eigenvalue weighted by molar-refractivity contribution is 7.26. The minimum absolute atomic E-state index is 0.735. The molecule has 0 fully saturated rings. The predicted molar refractivity (Wildman–Crippen MR) is 236 cm³/mol. The Bertz CT molecular complexity index is 3040. The van der Waals surface area contributed by atoms with Crippen LogP contribution < -0.4 is 0 Å². The molecule has 0 spiro atoms. The normalized spacial score (nSPS) is 11.6. The maximum atomic E-state index is 5.25. The average molecular weight is 751 g/mol. The molecule has 0 saturated carbocycles. The smallest absolute Gasteiger partial charge is 0.161 e. The fraction of sp³-hybridized carbons (Fsp3) is 0. The van der Waals surface area contributed by atoms with Crippen molar-refractivity contribution < 1.29 is 0 Å². The second-order valence-electron chi connectivity index (χ2n) is 13.8. The molecule has 0 unspecified atom stereocenters. The fourth-order valence-electron chi connectivity index (χ4n) is 7.67. The largest absolute Gasteiger partial charge is 0.227 e. The van der Waals surface area contributed by atoms with E-state index in [9.17, 15) is 0 Å². The lowest BCUT2D eigenvalue weighted by Gasteiger charge is -2.12. The SMILES string of the molecule is c1ccc(-c2nc(-c3cccc(-c4cccc(-c5cccc(-c6nc(-c7ccccc7)nc7sc8ccccc8c67)c5)c4)c3)c3c(n2)sc2ccccc23)cc1. The molecule has 0 atom stereocenters. The average Bonchev–Trinajstić information content (AvgIpc) is 3.85. The quantitative estimate of drug-likeness (QED) is 0.170. The second-order valence-corrected chi connectivity index (χ2v) is 15.9. The van der Waals surface area contributed by atoms with Gasteiger partial charge in [0.2, 0.25) is 0 Å². The van der Waals surface area contributed by atoms with Gasteiger partial charge in [0.15, 0.2) is 11.6 Å². The van der Waals surface area contributed by atoms with Gasteiger partial charge in [-0.3, -0.25) is 0 Å². The summed E-state index contributed by atoms with van der Waals surface area (Å²) in [5, 5.41) is 4.56. The number of thiophene rings is 2. The van der Waals surface area contributed by atoms with Crippen LogP contribution in [0.4, 0.5) is 0 Å². The molecule has 4 heterocycles. The van der Waals surface area contributed by atoms with Crippen molar-refractivity contribution in [3.63, 3.8) is 0 Å². The molecule has 0 aliphatic rings. The lowest BCUT2D eigenvalue weighted by molar-refractivity contribution is 1.24. The minimum atomic E-state index is 0.735. The number of hydrogen-bond acceptors (Lipinski definition) is 6. The summed E-state index contributed by atoms with van der Waals surface area (Å²) in [6, 6.07) is 63.9. The summed E-state index contributed by atoms with van der Waals surface area (Å²) >= 11 is 3.44. The van der Waals surface area contributed by atoms with Crippen molar-refractivity contribution in [1.29, 1.82) is 0 Å². The topological polar surface area (TPSA) is 51.6 Å². The molecule has 7 aromatic carbocycles. The first-order valence-electron chi connectivity index (χ1n) is 18.5. The van der Waals surface area contributed by atoms with Gasteiger partial charge >= 0.3 is 0 Å². The van der Waals surface area contributed by atoms with Crippen LogP contribution in [-0.4, -0.2) is 19.9 Å². The molecule has 11 rings (SSSR count). The van der Waals surface area contributed by atoms with E-state index in [1.54, 1.807) is 22.7 Å². The molecule has 6 heteroatoms. The van der Waals surface area contributed by atoms with Crippen molar-refractivity contribution in [2.24, 2.45) is 0 Å². The Morgan fingerprint density at radius 1 is 0.286 bits per heavy atom. The molecular formula is C50H30N4S2. The summed E-state index contributed by atoms with van der Waals surface area (Å²) in [6.45, 7) is 0. The van der Waals surface area contributed by atoms with E-state index in [0.717, 1.165) is 88.0 Å². The Kier molecular flexibility index (Phi) is 7.83. The second kappa shape index (κ2) is 13.5. The van der Waals surface area contributed by atoms with E-state index in [1.165, 1.54) is 20.2 Å². The monoisotopic (exact) mass is 750 g/mol. The van der Waals surface area contributed by atoms with E-state index < -0.39 is 0 Å². The number of hydrogen-bond donors (Lipinski definition) is 0. The van der Waals surface area contributed by atoms with Gasteiger partial charge < -0.3 is 0 Å². The van der Waals surface area contributed by atoms with Gasteiger partial charge in [-0.1, -0.05) is 152 Å². The molecule has 0 saturated heterocycles. The summed E-state index contributed by atoms with van der Waals surface area (Å²) in [4.78, 5) is 22.6. The molecule has 0 radical (unpaired) electrons. The molecule has 4 aromatic heterocycles. The molecule has 11 aromatic rings. The Morgan fingerprint density at radius 3 is 1.05 bits per heavy atom. The van der Waals surface area contributed by atoms with Gasteiger partial charge in [0.1, 0.15) is 9.66 Å². The van der Waals surface area contributed by atoms with Crippen molar-refractivity contribution in [2.75, 3.05) is 0 Å². The first-order valence-corrected chi connectivity index (χ1v) is 20.2. The van der Waals surface area contributed by atoms with Crippen molar-refractivity contribution in [1.82, 2.24) is 19.9 Å². The molecule has 0 N–H and O–H groups in total. The highest BCUT2D eigenvalue weighted by Crippen LogP contribution is 2.42. The van der Waals surface area contributed by atoms with Crippen LogP contribution in [0.2, 0.25) is 0 Å². The van der Waals surface area contributed by atoms with Crippen molar-refractivity contribution in [2.45, 2.75) is 0 Å². The van der Waals surface area contributed by atoms with Crippen molar-refractivity contribution in [3.05, 3.63) is 182 Å². The van der Waals surface area contributed by atoms with Gasteiger partial charge in [0.05, 0.1) is 11.4 Å². The van der Waals surface area contributed by atoms with E-state index in [4.69, 9.17) is 19.9 Å². The highest BCUT2D eigenvalue weighted by atomic mass is 32.1. The van der Waals surface area contributed by atoms with E-state index in [2.05, 4.69) is 146 Å². The number of benzene rings is 7. The van der Waals surface area contributed by atoms with Crippen LogP contribution in [0.1, 0.15) is 0 Å². The first kappa shape index (κ1) is 32.6. The number of nitrogens with zero attached hydrogens (tertiary/aromatic N) is 4. The third kappa shape index (κ3) is 5.66. The Balaban J connectivity index is 1.02. The number of aromatic nitrogens is 4. The summed E-state index contributed by atoms with van der Waals surface area (Å²) in [6.07, 6.45) is 0. The van der Waals surface area contributed by atoms with Crippen molar-refractivity contribution in [3.8, 4) is 67.5 Å². The van der Waals surface area contributed by atoms with Gasteiger partial charge in [0, 0.05) is 53.2 Å². The molecule has 0 aliphatic carbocycles. The fourth-order valence-corrected chi connectivity index (χ4v) is 9.82. The third-order valence-electron chi connectivity index (χ3n) is 10.3. The van der Waals surface area contributed by atoms with Crippen LogP contribution in [0.15, 0.2) is 182 Å². The van der Waals surface area contributed by atoms with Crippen molar-refractivity contribution >= 4 is 63.3 Å². The molecule has 56 heavy (non-hydrogen) atoms. The Morgan fingerprint density at radius 2 is 0.625 bits per heavy atom. The Hall–Kier alpha value is -6.86. The van der Waals surface area contributed by atoms with Crippen LogP contribution in [-0.2, 0) is 0 Å². The zero-order valence-electron chi connectivity index (χ0n) is 29.9. The maximum Gasteiger partial charge on any atom is 0.161 e. The van der Waals surface area contributed by atoms with Crippen LogP contribution in [0.25, 0.3) is 108 Å². The molecule has 0 bridgehead atoms. The van der Waals surface area contributed by atoms with Gasteiger partial charge in [-0.2, -0.15) is 0 Å². The predicted octanol–water partition coefficient (Wildman–Crippen LogP) is 14.0. The lowest BCUT2D eigenvalue weighted by atomic mass is 9.95.